The molecule has 0 aliphatic rings. The van der Waals surface area contributed by atoms with Gasteiger partial charge in [-0.1, -0.05) is 33.6 Å². The molecular weight excluding hydrogens is 305 g/mol. The van der Waals surface area contributed by atoms with Crippen LogP contribution in [0.2, 0.25) is 5.02 Å². The Kier molecular flexibility index (Phi) is 3.45. The van der Waals surface area contributed by atoms with E-state index in [0.29, 0.717) is 15.9 Å². The van der Waals surface area contributed by atoms with Gasteiger partial charge in [0.1, 0.15) is 0 Å². The summed E-state index contributed by atoms with van der Waals surface area (Å²) in [6.07, 6.45) is 0. The van der Waals surface area contributed by atoms with E-state index in [1.807, 2.05) is 23.7 Å². The van der Waals surface area contributed by atoms with Crippen molar-refractivity contribution in [1.82, 2.24) is 4.57 Å². The van der Waals surface area contributed by atoms with Gasteiger partial charge in [-0.25, -0.2) is 4.79 Å². The Morgan fingerprint density at radius 3 is 2.82 bits per heavy atom. The maximum Gasteiger partial charge on any atom is 0.340 e. The number of alkyl halides is 1. The number of carbonyl (C=O) groups is 1. The van der Waals surface area contributed by atoms with Crippen LogP contribution in [0.1, 0.15) is 16.1 Å². The molecule has 0 unspecified atom stereocenters. The van der Waals surface area contributed by atoms with Crippen LogP contribution in [-0.4, -0.2) is 17.6 Å². The standard InChI is InChI=1S/C12H11BrClNO2/c1-15-8-5-3-4-7(14)10(8)11(9(15)6-13)12(16)17-2/h3-5H,6H2,1-2H3. The summed E-state index contributed by atoms with van der Waals surface area (Å²) in [5, 5.41) is 1.88. The first kappa shape index (κ1) is 12.5. The Morgan fingerprint density at radius 1 is 1.53 bits per heavy atom. The number of aromatic nitrogens is 1. The lowest BCUT2D eigenvalue weighted by Crippen LogP contribution is -2.05. The predicted octanol–water partition coefficient (Wildman–Crippen LogP) is 3.51. The number of ether oxygens (including phenoxy) is 1. The van der Waals surface area contributed by atoms with Crippen molar-refractivity contribution in [3.8, 4) is 0 Å². The zero-order valence-corrected chi connectivity index (χ0v) is 11.8. The molecule has 2 aromatic rings. The number of fused-ring (bicyclic) bond motifs is 1. The number of hydrogen-bond acceptors (Lipinski definition) is 2. The van der Waals surface area contributed by atoms with Crippen molar-refractivity contribution in [2.75, 3.05) is 7.11 Å². The molecule has 0 N–H and O–H groups in total. The Balaban J connectivity index is 2.91. The van der Waals surface area contributed by atoms with Crippen molar-refractivity contribution in [2.24, 2.45) is 7.05 Å². The van der Waals surface area contributed by atoms with Crippen molar-refractivity contribution in [3.05, 3.63) is 34.5 Å². The molecule has 0 saturated heterocycles. The summed E-state index contributed by atoms with van der Waals surface area (Å²) in [6, 6.07) is 5.57. The number of rotatable bonds is 2. The lowest BCUT2D eigenvalue weighted by atomic mass is 10.1. The smallest absolute Gasteiger partial charge is 0.340 e. The van der Waals surface area contributed by atoms with Crippen LogP contribution in [0.15, 0.2) is 18.2 Å². The Labute approximate surface area is 112 Å². The SMILES string of the molecule is COC(=O)c1c(CBr)n(C)c2cccc(Cl)c12. The minimum atomic E-state index is -0.363. The molecule has 0 aliphatic carbocycles. The van der Waals surface area contributed by atoms with Crippen LogP contribution in [0.3, 0.4) is 0 Å². The molecule has 2 rings (SSSR count). The first-order valence-corrected chi connectivity index (χ1v) is 6.51. The Bertz CT molecular complexity index is 592. The maximum atomic E-state index is 11.9. The highest BCUT2D eigenvalue weighted by atomic mass is 79.9. The second-order valence-corrected chi connectivity index (χ2v) is 4.61. The molecule has 0 aliphatic heterocycles. The molecule has 0 radical (unpaired) electrons. The van der Waals surface area contributed by atoms with E-state index in [4.69, 9.17) is 16.3 Å². The van der Waals surface area contributed by atoms with Gasteiger partial charge in [0.2, 0.25) is 0 Å². The van der Waals surface area contributed by atoms with E-state index in [0.717, 1.165) is 16.6 Å². The highest BCUT2D eigenvalue weighted by molar-refractivity contribution is 9.08. The average Bonchev–Trinajstić information content (AvgIpc) is 2.63. The van der Waals surface area contributed by atoms with Crippen LogP contribution < -0.4 is 0 Å². The molecule has 0 spiro atoms. The van der Waals surface area contributed by atoms with E-state index < -0.39 is 0 Å². The van der Waals surface area contributed by atoms with Crippen LogP contribution in [0, 0.1) is 0 Å². The van der Waals surface area contributed by atoms with Crippen molar-refractivity contribution < 1.29 is 9.53 Å². The van der Waals surface area contributed by atoms with Gasteiger partial charge in [0.25, 0.3) is 0 Å². The van der Waals surface area contributed by atoms with Gasteiger partial charge in [-0.3, -0.25) is 0 Å². The number of methoxy groups -OCH3 is 1. The maximum absolute atomic E-state index is 11.9. The third kappa shape index (κ3) is 1.85. The van der Waals surface area contributed by atoms with Crippen LogP contribution in [0.25, 0.3) is 10.9 Å². The fourth-order valence-corrected chi connectivity index (χ4v) is 2.90. The first-order chi connectivity index (χ1) is 8.11. The second kappa shape index (κ2) is 4.70. The van der Waals surface area contributed by atoms with Crippen molar-refractivity contribution in [2.45, 2.75) is 5.33 Å². The van der Waals surface area contributed by atoms with E-state index in [-0.39, 0.29) is 5.97 Å². The molecule has 1 aromatic carbocycles. The third-order valence-corrected chi connectivity index (χ3v) is 3.66. The summed E-state index contributed by atoms with van der Waals surface area (Å²) >= 11 is 9.56. The Hall–Kier alpha value is -1.00. The fraction of sp³-hybridized carbons (Fsp3) is 0.250. The summed E-state index contributed by atoms with van der Waals surface area (Å²) in [7, 11) is 3.28. The van der Waals surface area contributed by atoms with E-state index >= 15 is 0 Å². The summed E-state index contributed by atoms with van der Waals surface area (Å²) in [5.41, 5.74) is 2.32. The highest BCUT2D eigenvalue weighted by Gasteiger charge is 2.22. The number of carbonyl (C=O) groups excluding carboxylic acids is 1. The van der Waals surface area contributed by atoms with Gasteiger partial charge < -0.3 is 9.30 Å². The fourth-order valence-electron chi connectivity index (χ4n) is 1.98. The summed E-state index contributed by atoms with van der Waals surface area (Å²) in [5.74, 6) is -0.363. The van der Waals surface area contributed by atoms with Crippen molar-refractivity contribution in [3.63, 3.8) is 0 Å². The van der Waals surface area contributed by atoms with Crippen LogP contribution in [0.5, 0.6) is 0 Å². The molecular formula is C12H11BrClNO2. The largest absolute Gasteiger partial charge is 0.465 e. The minimum Gasteiger partial charge on any atom is -0.465 e. The van der Waals surface area contributed by atoms with E-state index in [9.17, 15) is 4.79 Å². The van der Waals surface area contributed by atoms with E-state index in [1.54, 1.807) is 6.07 Å². The molecule has 3 nitrogen and oxygen atoms in total. The molecule has 1 aromatic heterocycles. The zero-order valence-electron chi connectivity index (χ0n) is 9.46. The third-order valence-electron chi connectivity index (χ3n) is 2.81. The number of aryl methyl sites for hydroxylation is 1. The van der Waals surface area contributed by atoms with Crippen molar-refractivity contribution >= 4 is 44.4 Å². The van der Waals surface area contributed by atoms with Crippen molar-refractivity contribution in [1.29, 1.82) is 0 Å². The van der Waals surface area contributed by atoms with E-state index in [1.165, 1.54) is 7.11 Å². The topological polar surface area (TPSA) is 31.2 Å². The second-order valence-electron chi connectivity index (χ2n) is 3.64. The number of nitrogens with zero attached hydrogens (tertiary/aromatic N) is 1. The molecule has 0 bridgehead atoms. The molecule has 0 atom stereocenters. The van der Waals surface area contributed by atoms with Gasteiger partial charge >= 0.3 is 5.97 Å². The normalized spacial score (nSPS) is 10.8. The highest BCUT2D eigenvalue weighted by Crippen LogP contribution is 2.32. The molecule has 17 heavy (non-hydrogen) atoms. The number of esters is 1. The number of benzene rings is 1. The molecule has 5 heteroatoms. The molecule has 90 valence electrons. The zero-order chi connectivity index (χ0) is 12.6. The average molecular weight is 317 g/mol. The molecule has 0 amide bonds. The summed E-state index contributed by atoms with van der Waals surface area (Å²) in [6.45, 7) is 0. The minimum absolute atomic E-state index is 0.363. The molecule has 1 heterocycles. The monoisotopic (exact) mass is 315 g/mol. The lowest BCUT2D eigenvalue weighted by molar-refractivity contribution is 0.0602. The van der Waals surface area contributed by atoms with Crippen LogP contribution in [0.4, 0.5) is 0 Å². The quantitative estimate of drug-likeness (QED) is 0.627. The predicted molar refractivity (Wildman–Crippen MR) is 71.9 cm³/mol. The van der Waals surface area contributed by atoms with Gasteiger partial charge in [0, 0.05) is 23.5 Å². The Morgan fingerprint density at radius 2 is 2.24 bits per heavy atom. The lowest BCUT2D eigenvalue weighted by Gasteiger charge is -2.02. The number of hydrogen-bond donors (Lipinski definition) is 0. The molecule has 0 fully saturated rings. The first-order valence-electron chi connectivity index (χ1n) is 5.01. The van der Waals surface area contributed by atoms with E-state index in [2.05, 4.69) is 15.9 Å². The van der Waals surface area contributed by atoms with Gasteiger partial charge in [-0.15, -0.1) is 0 Å². The van der Waals surface area contributed by atoms with Crippen LogP contribution in [-0.2, 0) is 17.1 Å². The van der Waals surface area contributed by atoms with Crippen LogP contribution >= 0.6 is 27.5 Å². The molecule has 0 saturated carbocycles. The van der Waals surface area contributed by atoms with Gasteiger partial charge in [0.05, 0.1) is 23.2 Å². The van der Waals surface area contributed by atoms with Gasteiger partial charge in [-0.05, 0) is 12.1 Å². The summed E-state index contributed by atoms with van der Waals surface area (Å²) in [4.78, 5) is 11.9. The number of halogens is 2. The summed E-state index contributed by atoms with van der Waals surface area (Å²) < 4.78 is 6.77. The van der Waals surface area contributed by atoms with Gasteiger partial charge in [0.15, 0.2) is 0 Å². The van der Waals surface area contributed by atoms with Gasteiger partial charge in [-0.2, -0.15) is 0 Å².